The number of carbonyl (C=O) groups excluding carboxylic acids is 2. The van der Waals surface area contributed by atoms with E-state index < -0.39 is 5.92 Å². The first-order valence-corrected chi connectivity index (χ1v) is 14.0. The van der Waals surface area contributed by atoms with Crippen molar-refractivity contribution in [1.82, 2.24) is 0 Å². The molecular weight excluding hydrogens is 568 g/mol. The summed E-state index contributed by atoms with van der Waals surface area (Å²) in [5, 5.41) is 0.623. The number of carbonyl (C=O) groups is 2. The van der Waals surface area contributed by atoms with Crippen LogP contribution >= 0.6 is 27.5 Å². The molecule has 0 fully saturated rings. The van der Waals surface area contributed by atoms with Crippen LogP contribution in [0.3, 0.4) is 0 Å². The van der Waals surface area contributed by atoms with Crippen molar-refractivity contribution in [2.24, 2.45) is 10.8 Å². The van der Waals surface area contributed by atoms with Crippen molar-refractivity contribution >= 4 is 39.1 Å². The molecule has 0 atom stereocenters. The highest BCUT2D eigenvalue weighted by molar-refractivity contribution is 9.10. The van der Waals surface area contributed by atoms with Gasteiger partial charge in [-0.2, -0.15) is 0 Å². The third-order valence-corrected chi connectivity index (χ3v) is 8.45. The Morgan fingerprint density at radius 3 is 2.08 bits per heavy atom. The Morgan fingerprint density at radius 1 is 0.947 bits per heavy atom. The lowest BCUT2D eigenvalue weighted by molar-refractivity contribution is -0.120. The Morgan fingerprint density at radius 2 is 1.53 bits per heavy atom. The lowest BCUT2D eigenvalue weighted by Gasteiger charge is -2.42. The molecule has 0 spiro atoms. The zero-order chi connectivity index (χ0) is 27.4. The van der Waals surface area contributed by atoms with Gasteiger partial charge in [0, 0.05) is 53.3 Å². The van der Waals surface area contributed by atoms with Crippen molar-refractivity contribution in [3.8, 4) is 11.5 Å². The zero-order valence-corrected chi connectivity index (χ0v) is 24.7. The second-order valence-electron chi connectivity index (χ2n) is 12.0. The second-order valence-corrected chi connectivity index (χ2v) is 13.3. The fraction of sp³-hybridized carbons (Fsp3) is 0.419. The highest BCUT2D eigenvalue weighted by Crippen LogP contribution is 2.54. The molecule has 0 N–H and O–H groups in total. The number of ether oxygens (including phenoxy) is 3. The van der Waals surface area contributed by atoms with Crippen LogP contribution in [-0.2, 0) is 20.9 Å². The maximum Gasteiger partial charge on any atom is 0.175 e. The molecule has 5 nitrogen and oxygen atoms in total. The van der Waals surface area contributed by atoms with Gasteiger partial charge in [0.15, 0.2) is 23.1 Å². The number of allylic oxidation sites excluding steroid dienone is 4. The Hall–Kier alpha value is -2.57. The first kappa shape index (κ1) is 27.0. The highest BCUT2D eigenvalue weighted by atomic mass is 79.9. The summed E-state index contributed by atoms with van der Waals surface area (Å²) in [6, 6.07) is 11.3. The first-order chi connectivity index (χ1) is 17.9. The Bertz CT molecular complexity index is 1350. The molecule has 2 aromatic carbocycles. The van der Waals surface area contributed by atoms with Crippen LogP contribution in [0.1, 0.15) is 70.4 Å². The minimum absolute atomic E-state index is 0.0274. The third kappa shape index (κ3) is 5.05. The molecular formula is C31H32BrClO5. The summed E-state index contributed by atoms with van der Waals surface area (Å²) in [7, 11) is 1.58. The molecule has 1 heterocycles. The van der Waals surface area contributed by atoms with Gasteiger partial charge in [0.25, 0.3) is 0 Å². The SMILES string of the molecule is COc1cc(C2C3=C(CC(C)(C)CC3=O)OC3=C2C(=O)CC(C)(C)C3)cc(Br)c1OCc1ccccc1Cl. The topological polar surface area (TPSA) is 61.8 Å². The maximum absolute atomic E-state index is 13.6. The van der Waals surface area contributed by atoms with Crippen molar-refractivity contribution < 1.29 is 23.8 Å². The number of ketones is 2. The van der Waals surface area contributed by atoms with E-state index in [2.05, 4.69) is 43.6 Å². The first-order valence-electron chi connectivity index (χ1n) is 12.8. The summed E-state index contributed by atoms with van der Waals surface area (Å²) in [5.41, 5.74) is 2.42. The van der Waals surface area contributed by atoms with E-state index in [-0.39, 0.29) is 29.0 Å². The van der Waals surface area contributed by atoms with E-state index in [1.165, 1.54) is 0 Å². The molecule has 1 aliphatic heterocycles. The number of halogens is 2. The van der Waals surface area contributed by atoms with E-state index in [9.17, 15) is 9.59 Å². The van der Waals surface area contributed by atoms with E-state index in [1.54, 1.807) is 7.11 Å². The molecule has 0 amide bonds. The zero-order valence-electron chi connectivity index (χ0n) is 22.4. The van der Waals surface area contributed by atoms with E-state index >= 15 is 0 Å². The number of Topliss-reactive ketones (excluding diaryl/α,β-unsaturated/α-hetero) is 2. The molecule has 2 aromatic rings. The van der Waals surface area contributed by atoms with Crippen molar-refractivity contribution in [3.63, 3.8) is 0 Å². The molecule has 0 unspecified atom stereocenters. The number of rotatable bonds is 5. The summed E-state index contributed by atoms with van der Waals surface area (Å²) in [6.45, 7) is 8.58. The molecule has 0 saturated heterocycles. The van der Waals surface area contributed by atoms with Gasteiger partial charge in [-0.3, -0.25) is 9.59 Å². The average molecular weight is 600 g/mol. The van der Waals surface area contributed by atoms with Gasteiger partial charge in [-0.15, -0.1) is 0 Å². The Labute approximate surface area is 237 Å². The van der Waals surface area contributed by atoms with Crippen LogP contribution in [0.25, 0.3) is 0 Å². The van der Waals surface area contributed by atoms with Crippen LogP contribution in [0, 0.1) is 10.8 Å². The largest absolute Gasteiger partial charge is 0.493 e. The normalized spacial score (nSPS) is 20.6. The van der Waals surface area contributed by atoms with E-state index in [4.69, 9.17) is 25.8 Å². The molecule has 0 aromatic heterocycles. The monoisotopic (exact) mass is 598 g/mol. The van der Waals surface area contributed by atoms with E-state index in [0.29, 0.717) is 69.3 Å². The van der Waals surface area contributed by atoms with Gasteiger partial charge in [-0.05, 0) is 50.5 Å². The lowest BCUT2D eigenvalue weighted by Crippen LogP contribution is -2.37. The molecule has 7 heteroatoms. The van der Waals surface area contributed by atoms with Gasteiger partial charge < -0.3 is 14.2 Å². The minimum Gasteiger partial charge on any atom is -0.493 e. The van der Waals surface area contributed by atoms with E-state index in [0.717, 1.165) is 11.1 Å². The predicted molar refractivity (Wildman–Crippen MR) is 150 cm³/mol. The summed E-state index contributed by atoms with van der Waals surface area (Å²) >= 11 is 9.99. The van der Waals surface area contributed by atoms with Crippen LogP contribution < -0.4 is 9.47 Å². The molecule has 0 saturated carbocycles. The van der Waals surface area contributed by atoms with Crippen molar-refractivity contribution in [2.75, 3.05) is 7.11 Å². The van der Waals surface area contributed by atoms with Gasteiger partial charge >= 0.3 is 0 Å². The summed E-state index contributed by atoms with van der Waals surface area (Å²) in [6.07, 6.45) is 2.11. The number of hydrogen-bond donors (Lipinski definition) is 0. The molecule has 5 rings (SSSR count). The van der Waals surface area contributed by atoms with Crippen LogP contribution in [0.15, 0.2) is 63.5 Å². The summed E-state index contributed by atoms with van der Waals surface area (Å²) < 4.78 is 19.0. The van der Waals surface area contributed by atoms with Crippen molar-refractivity contribution in [3.05, 3.63) is 79.7 Å². The van der Waals surface area contributed by atoms with Gasteiger partial charge in [0.2, 0.25) is 0 Å². The number of benzene rings is 2. The Kier molecular flexibility index (Phi) is 7.02. The molecule has 38 heavy (non-hydrogen) atoms. The smallest absolute Gasteiger partial charge is 0.175 e. The quantitative estimate of drug-likeness (QED) is 0.348. The van der Waals surface area contributed by atoms with Crippen LogP contribution in [0.2, 0.25) is 5.02 Å². The van der Waals surface area contributed by atoms with Crippen LogP contribution in [0.5, 0.6) is 11.5 Å². The molecule has 2 aliphatic carbocycles. The standard InChI is InChI=1S/C31H32BrClO5/c1-30(2)12-21(34)27-24(14-30)38-25-15-31(3,4)13-22(35)28(25)26(27)18-10-19(32)29(23(11-18)36-5)37-16-17-8-6-7-9-20(17)33/h6-11,26H,12-16H2,1-5H3. The fourth-order valence-electron chi connectivity index (χ4n) is 5.82. The molecule has 3 aliphatic rings. The van der Waals surface area contributed by atoms with Crippen molar-refractivity contribution in [2.45, 2.75) is 65.9 Å². The van der Waals surface area contributed by atoms with Crippen LogP contribution in [-0.4, -0.2) is 18.7 Å². The van der Waals surface area contributed by atoms with Crippen LogP contribution in [0.4, 0.5) is 0 Å². The third-order valence-electron chi connectivity index (χ3n) is 7.50. The molecule has 0 bridgehead atoms. The van der Waals surface area contributed by atoms with Gasteiger partial charge in [-0.1, -0.05) is 57.5 Å². The highest BCUT2D eigenvalue weighted by Gasteiger charge is 2.48. The minimum atomic E-state index is -0.510. The number of hydrogen-bond acceptors (Lipinski definition) is 5. The predicted octanol–water partition coefficient (Wildman–Crippen LogP) is 8.09. The molecule has 200 valence electrons. The molecule has 0 radical (unpaired) electrons. The van der Waals surface area contributed by atoms with Gasteiger partial charge in [0.05, 0.1) is 11.6 Å². The van der Waals surface area contributed by atoms with E-state index in [1.807, 2.05) is 36.4 Å². The second kappa shape index (κ2) is 9.87. The Balaban J connectivity index is 1.60. The van der Waals surface area contributed by atoms with Crippen molar-refractivity contribution in [1.29, 1.82) is 0 Å². The van der Waals surface area contributed by atoms with Gasteiger partial charge in [-0.25, -0.2) is 0 Å². The average Bonchev–Trinajstić information content (AvgIpc) is 2.80. The fourth-order valence-corrected chi connectivity index (χ4v) is 6.58. The lowest BCUT2D eigenvalue weighted by atomic mass is 9.65. The number of methoxy groups -OCH3 is 1. The maximum atomic E-state index is 13.6. The summed E-state index contributed by atoms with van der Waals surface area (Å²) in [4.78, 5) is 27.2. The van der Waals surface area contributed by atoms with Gasteiger partial charge in [0.1, 0.15) is 18.1 Å². The summed E-state index contributed by atoms with van der Waals surface area (Å²) in [5.74, 6) is 1.95.